The molecule has 0 bridgehead atoms. The molecular weight excluding hydrogens is 273 g/mol. The summed E-state index contributed by atoms with van der Waals surface area (Å²) in [4.78, 5) is 4.53. The van der Waals surface area contributed by atoms with Crippen molar-refractivity contribution in [2.75, 3.05) is 19.8 Å². The van der Waals surface area contributed by atoms with Gasteiger partial charge in [0.25, 0.3) is 0 Å². The molecule has 0 saturated heterocycles. The van der Waals surface area contributed by atoms with Crippen molar-refractivity contribution in [2.24, 2.45) is 16.5 Å². The summed E-state index contributed by atoms with van der Waals surface area (Å²) >= 11 is 0. The highest BCUT2D eigenvalue weighted by Crippen LogP contribution is 2.19. The molecule has 0 spiro atoms. The van der Waals surface area contributed by atoms with Gasteiger partial charge in [-0.3, -0.25) is 4.99 Å². The highest BCUT2D eigenvalue weighted by molar-refractivity contribution is 5.78. The van der Waals surface area contributed by atoms with Crippen molar-refractivity contribution in [1.82, 2.24) is 0 Å². The number of halogens is 1. The predicted octanol–water partition coefficient (Wildman–Crippen LogP) is 1.91. The van der Waals surface area contributed by atoms with Gasteiger partial charge in [0.05, 0.1) is 19.3 Å². The lowest BCUT2D eigenvalue weighted by Crippen LogP contribution is -2.28. The van der Waals surface area contributed by atoms with Gasteiger partial charge >= 0.3 is 0 Å². The molecule has 1 saturated carbocycles. The molecule has 5 nitrogen and oxygen atoms in total. The smallest absolute Gasteiger partial charge is 0.188 e. The van der Waals surface area contributed by atoms with Gasteiger partial charge in [-0.1, -0.05) is 0 Å². The topological polar surface area (TPSA) is 82.9 Å². The molecule has 0 radical (unpaired) electrons. The third kappa shape index (κ3) is 8.02. The van der Waals surface area contributed by atoms with E-state index in [1.165, 1.54) is 6.92 Å². The lowest BCUT2D eigenvalue weighted by molar-refractivity contribution is 0.0485. The Bertz CT molecular complexity index is 351. The van der Waals surface area contributed by atoms with Crippen LogP contribution in [0.5, 0.6) is 0 Å². The minimum atomic E-state index is -0.963. The Labute approximate surface area is 126 Å². The van der Waals surface area contributed by atoms with Crippen LogP contribution in [0.1, 0.15) is 39.5 Å². The maximum absolute atomic E-state index is 12.5. The molecule has 0 aromatic heterocycles. The number of nitrogens with zero attached hydrogens (tertiary/aromatic N) is 1. The van der Waals surface area contributed by atoms with Crippen molar-refractivity contribution in [2.45, 2.75) is 57.8 Å². The molecule has 6 heteroatoms. The molecule has 1 aliphatic rings. The zero-order valence-corrected chi connectivity index (χ0v) is 13.1. The van der Waals surface area contributed by atoms with Crippen LogP contribution in [0.25, 0.3) is 0 Å². The van der Waals surface area contributed by atoms with Gasteiger partial charge in [-0.05, 0) is 39.5 Å². The molecule has 122 valence electrons. The van der Waals surface area contributed by atoms with E-state index >= 15 is 0 Å². The highest BCUT2D eigenvalue weighted by Gasteiger charge is 2.16. The van der Waals surface area contributed by atoms with Crippen LogP contribution in [0, 0.1) is 0 Å². The minimum absolute atomic E-state index is 0.0806. The molecule has 1 atom stereocenters. The second-order valence-electron chi connectivity index (χ2n) is 5.60. The number of aliphatic imine (C=N–C) groups is 1. The summed E-state index contributed by atoms with van der Waals surface area (Å²) in [6.45, 7) is 4.02. The summed E-state index contributed by atoms with van der Waals surface area (Å²) in [5, 5.41) is 0. The molecular formula is C15H28FN3O2. The van der Waals surface area contributed by atoms with Crippen molar-refractivity contribution in [3.63, 3.8) is 0 Å². The average Bonchev–Trinajstić information content (AvgIpc) is 2.45. The fraction of sp³-hybridized carbons (Fsp3) is 0.800. The molecule has 0 aliphatic heterocycles. The summed E-state index contributed by atoms with van der Waals surface area (Å²) in [5.74, 6) is 0.336. The van der Waals surface area contributed by atoms with Crippen LogP contribution in [-0.2, 0) is 9.47 Å². The lowest BCUT2D eigenvalue weighted by Gasteiger charge is -2.22. The number of hydrogen-bond donors (Lipinski definition) is 2. The second-order valence-corrected chi connectivity index (χ2v) is 5.60. The van der Waals surface area contributed by atoms with Gasteiger partial charge in [0.2, 0.25) is 0 Å². The SMILES string of the molecule is CC(C=NC1CCC(N)CC1)=C(N)OCCOCC(C)F. The zero-order valence-electron chi connectivity index (χ0n) is 13.1. The van der Waals surface area contributed by atoms with E-state index in [1.54, 1.807) is 6.21 Å². The van der Waals surface area contributed by atoms with E-state index in [2.05, 4.69) is 4.99 Å². The summed E-state index contributed by atoms with van der Waals surface area (Å²) in [6.07, 6.45) is 4.92. The summed E-state index contributed by atoms with van der Waals surface area (Å²) < 4.78 is 22.9. The Kier molecular flexibility index (Phi) is 8.30. The molecule has 1 rings (SSSR count). The number of nitrogens with two attached hydrogens (primary N) is 2. The number of rotatable bonds is 8. The molecule has 0 aromatic rings. The molecule has 1 fully saturated rings. The molecule has 0 heterocycles. The van der Waals surface area contributed by atoms with Gasteiger partial charge < -0.3 is 20.9 Å². The quantitative estimate of drug-likeness (QED) is 0.407. The lowest BCUT2D eigenvalue weighted by atomic mass is 9.92. The molecule has 4 N–H and O–H groups in total. The van der Waals surface area contributed by atoms with Crippen molar-refractivity contribution in [3.8, 4) is 0 Å². The van der Waals surface area contributed by atoms with Gasteiger partial charge in [-0.15, -0.1) is 0 Å². The van der Waals surface area contributed by atoms with Crippen molar-refractivity contribution >= 4 is 6.21 Å². The maximum Gasteiger partial charge on any atom is 0.188 e. The van der Waals surface area contributed by atoms with Gasteiger partial charge in [0.1, 0.15) is 12.8 Å². The van der Waals surface area contributed by atoms with E-state index in [4.69, 9.17) is 20.9 Å². The molecule has 1 unspecified atom stereocenters. The van der Waals surface area contributed by atoms with Gasteiger partial charge in [0.15, 0.2) is 5.88 Å². The minimum Gasteiger partial charge on any atom is -0.477 e. The standard InChI is InChI=1S/C15H28FN3O2/c1-11(9-19-14-5-3-13(17)4-6-14)15(18)21-8-7-20-10-12(2)16/h9,12-14H,3-8,10,17-18H2,1-2H3. The summed E-state index contributed by atoms with van der Waals surface area (Å²) in [6, 6.07) is 0.662. The Morgan fingerprint density at radius 2 is 2.00 bits per heavy atom. The maximum atomic E-state index is 12.5. The van der Waals surface area contributed by atoms with Crippen LogP contribution in [0.4, 0.5) is 4.39 Å². The predicted molar refractivity (Wildman–Crippen MR) is 83.0 cm³/mol. The number of hydrogen-bond acceptors (Lipinski definition) is 5. The van der Waals surface area contributed by atoms with Gasteiger partial charge in [-0.2, -0.15) is 0 Å². The van der Waals surface area contributed by atoms with Crippen molar-refractivity contribution in [1.29, 1.82) is 0 Å². The van der Waals surface area contributed by atoms with Crippen molar-refractivity contribution < 1.29 is 13.9 Å². The van der Waals surface area contributed by atoms with Gasteiger partial charge in [-0.25, -0.2) is 4.39 Å². The third-order valence-corrected chi connectivity index (χ3v) is 3.44. The Balaban J connectivity index is 2.25. The first-order valence-corrected chi connectivity index (χ1v) is 7.58. The number of allylic oxidation sites excluding steroid dienone is 1. The van der Waals surface area contributed by atoms with E-state index in [9.17, 15) is 4.39 Å². The first kappa shape index (κ1) is 17.9. The van der Waals surface area contributed by atoms with Crippen LogP contribution in [0.15, 0.2) is 16.4 Å². The van der Waals surface area contributed by atoms with Crippen LogP contribution >= 0.6 is 0 Å². The van der Waals surface area contributed by atoms with Crippen LogP contribution in [0.2, 0.25) is 0 Å². The molecule has 1 aliphatic carbocycles. The largest absolute Gasteiger partial charge is 0.477 e. The Hall–Kier alpha value is -1.14. The van der Waals surface area contributed by atoms with Crippen LogP contribution in [-0.4, -0.2) is 44.3 Å². The normalized spacial score (nSPS) is 25.7. The monoisotopic (exact) mass is 301 g/mol. The third-order valence-electron chi connectivity index (χ3n) is 3.44. The fourth-order valence-corrected chi connectivity index (χ4v) is 2.10. The second kappa shape index (κ2) is 9.73. The Morgan fingerprint density at radius 1 is 1.33 bits per heavy atom. The van der Waals surface area contributed by atoms with E-state index in [0.717, 1.165) is 31.3 Å². The first-order valence-electron chi connectivity index (χ1n) is 7.58. The average molecular weight is 301 g/mol. The van der Waals surface area contributed by atoms with E-state index in [1.807, 2.05) is 6.92 Å². The highest BCUT2D eigenvalue weighted by atomic mass is 19.1. The Morgan fingerprint density at radius 3 is 2.62 bits per heavy atom. The molecule has 21 heavy (non-hydrogen) atoms. The number of alkyl halides is 1. The molecule has 0 aromatic carbocycles. The number of ether oxygens (including phenoxy) is 2. The van der Waals surface area contributed by atoms with E-state index in [-0.39, 0.29) is 6.61 Å². The summed E-state index contributed by atoms with van der Waals surface area (Å²) in [5.41, 5.74) is 12.5. The summed E-state index contributed by atoms with van der Waals surface area (Å²) in [7, 11) is 0. The van der Waals surface area contributed by atoms with Crippen LogP contribution in [0.3, 0.4) is 0 Å². The molecule has 0 amide bonds. The van der Waals surface area contributed by atoms with Crippen LogP contribution < -0.4 is 11.5 Å². The first-order chi connectivity index (χ1) is 9.99. The van der Waals surface area contributed by atoms with Crippen molar-refractivity contribution in [3.05, 3.63) is 11.5 Å². The van der Waals surface area contributed by atoms with Gasteiger partial charge in [0, 0.05) is 17.8 Å². The zero-order chi connectivity index (χ0) is 15.7. The van der Waals surface area contributed by atoms with E-state index in [0.29, 0.717) is 31.2 Å². The fourth-order valence-electron chi connectivity index (χ4n) is 2.10. The van der Waals surface area contributed by atoms with E-state index < -0.39 is 6.17 Å².